The van der Waals surface area contributed by atoms with E-state index in [1.54, 1.807) is 6.07 Å². The Labute approximate surface area is 120 Å². The van der Waals surface area contributed by atoms with Crippen LogP contribution in [0.15, 0.2) is 30.3 Å². The normalized spacial score (nSPS) is 12.5. The summed E-state index contributed by atoms with van der Waals surface area (Å²) in [5, 5.41) is 10.2. The Morgan fingerprint density at radius 2 is 1.95 bits per heavy atom. The van der Waals surface area contributed by atoms with Crippen LogP contribution in [0.2, 0.25) is 0 Å². The third-order valence-corrected chi connectivity index (χ3v) is 2.77. The topological polar surface area (TPSA) is 75.6 Å². The first-order valence-electron chi connectivity index (χ1n) is 6.49. The van der Waals surface area contributed by atoms with Crippen LogP contribution in [0.5, 0.6) is 0 Å². The van der Waals surface area contributed by atoms with Gasteiger partial charge < -0.3 is 15.2 Å². The molecule has 0 radical (unpaired) electrons. The molecule has 7 heteroatoms. The summed E-state index contributed by atoms with van der Waals surface area (Å²) in [5.41, 5.74) is -0.462. The van der Waals surface area contributed by atoms with Crippen LogP contribution >= 0.6 is 0 Å². The van der Waals surface area contributed by atoms with Crippen LogP contribution in [-0.2, 0) is 15.5 Å². The van der Waals surface area contributed by atoms with E-state index in [4.69, 9.17) is 9.84 Å². The quantitative estimate of drug-likeness (QED) is 0.600. The number of alkyl halides is 2. The molecular formula is C14H17F2NO4. The van der Waals surface area contributed by atoms with Crippen LogP contribution in [0.3, 0.4) is 0 Å². The lowest BCUT2D eigenvalue weighted by molar-refractivity contribution is -0.158. The summed E-state index contributed by atoms with van der Waals surface area (Å²) >= 11 is 0. The molecule has 0 aliphatic carbocycles. The number of carbonyl (C=O) groups excluding carboxylic acids is 1. The second kappa shape index (κ2) is 7.56. The number of benzene rings is 1. The van der Waals surface area contributed by atoms with Crippen molar-refractivity contribution in [2.45, 2.75) is 31.7 Å². The number of hydrogen-bond donors (Lipinski definition) is 2. The Kier molecular flexibility index (Phi) is 6.08. The van der Waals surface area contributed by atoms with Crippen molar-refractivity contribution in [2.75, 3.05) is 6.61 Å². The number of unbranched alkanes of at least 4 members (excludes halogenated alkanes) is 1. The Morgan fingerprint density at radius 3 is 2.48 bits per heavy atom. The Bertz CT molecular complexity index is 479. The number of esters is 1. The molecule has 1 aromatic rings. The van der Waals surface area contributed by atoms with Crippen LogP contribution in [0.25, 0.3) is 0 Å². The summed E-state index contributed by atoms with van der Waals surface area (Å²) in [6, 6.07) is 4.26. The zero-order valence-corrected chi connectivity index (χ0v) is 11.5. The molecule has 0 fully saturated rings. The van der Waals surface area contributed by atoms with E-state index in [9.17, 15) is 18.4 Å². The summed E-state index contributed by atoms with van der Waals surface area (Å²) in [6.07, 6.45) is -0.481. The van der Waals surface area contributed by atoms with Gasteiger partial charge in [0.1, 0.15) is 0 Å². The van der Waals surface area contributed by atoms with Gasteiger partial charge in [0.15, 0.2) is 6.04 Å². The molecule has 0 saturated carbocycles. The summed E-state index contributed by atoms with van der Waals surface area (Å²) in [5.74, 6) is -5.00. The van der Waals surface area contributed by atoms with Crippen molar-refractivity contribution in [3.8, 4) is 0 Å². The first kappa shape index (κ1) is 16.9. The zero-order chi connectivity index (χ0) is 15.9. The second-order valence-electron chi connectivity index (χ2n) is 4.39. The van der Waals surface area contributed by atoms with Gasteiger partial charge in [0.25, 0.3) is 0 Å². The molecule has 0 unspecified atom stereocenters. The van der Waals surface area contributed by atoms with Crippen molar-refractivity contribution in [1.82, 2.24) is 5.32 Å². The molecule has 0 spiro atoms. The van der Waals surface area contributed by atoms with E-state index < -0.39 is 29.6 Å². The summed E-state index contributed by atoms with van der Waals surface area (Å²) in [4.78, 5) is 22.4. The molecule has 1 rings (SSSR count). The van der Waals surface area contributed by atoms with Crippen LogP contribution in [-0.4, -0.2) is 29.8 Å². The second-order valence-corrected chi connectivity index (χ2v) is 4.39. The van der Waals surface area contributed by atoms with Crippen molar-refractivity contribution in [3.05, 3.63) is 35.9 Å². The molecule has 1 aromatic carbocycles. The minimum atomic E-state index is -3.71. The summed E-state index contributed by atoms with van der Waals surface area (Å²) in [6.45, 7) is 1.82. The van der Waals surface area contributed by atoms with Gasteiger partial charge in [-0.3, -0.25) is 0 Å². The predicted octanol–water partition coefficient (Wildman–Crippen LogP) is 2.76. The molecular weight excluding hydrogens is 284 g/mol. The number of ether oxygens (including phenoxy) is 1. The van der Waals surface area contributed by atoms with Gasteiger partial charge in [-0.25, -0.2) is 9.59 Å². The highest BCUT2D eigenvalue weighted by molar-refractivity contribution is 5.82. The van der Waals surface area contributed by atoms with Crippen LogP contribution < -0.4 is 5.32 Å². The maximum atomic E-state index is 14.3. The van der Waals surface area contributed by atoms with Gasteiger partial charge >= 0.3 is 18.0 Å². The molecule has 2 N–H and O–H groups in total. The van der Waals surface area contributed by atoms with Gasteiger partial charge in [0.05, 0.1) is 6.61 Å². The Hall–Kier alpha value is -2.18. The lowest BCUT2D eigenvalue weighted by Gasteiger charge is -2.25. The van der Waals surface area contributed by atoms with Crippen molar-refractivity contribution in [3.63, 3.8) is 0 Å². The smallest absolute Gasteiger partial charge is 0.405 e. The third-order valence-electron chi connectivity index (χ3n) is 2.77. The minimum Gasteiger partial charge on any atom is -0.465 e. The number of carbonyl (C=O) groups is 2. The van der Waals surface area contributed by atoms with E-state index in [0.29, 0.717) is 6.42 Å². The van der Waals surface area contributed by atoms with Gasteiger partial charge in [-0.05, 0) is 6.42 Å². The van der Waals surface area contributed by atoms with E-state index in [2.05, 4.69) is 0 Å². The van der Waals surface area contributed by atoms with Gasteiger partial charge in [-0.15, -0.1) is 0 Å². The predicted molar refractivity (Wildman–Crippen MR) is 71.2 cm³/mol. The molecule has 1 amide bonds. The van der Waals surface area contributed by atoms with Crippen LogP contribution in [0.4, 0.5) is 13.6 Å². The maximum Gasteiger partial charge on any atom is 0.405 e. The highest BCUT2D eigenvalue weighted by atomic mass is 19.3. The molecule has 1 atom stereocenters. The standard InChI is InChI=1S/C14H17F2NO4/c1-2-3-9-21-12(18)11(17-13(19)20)14(15,16)10-7-5-4-6-8-10/h4-8,11,17H,2-3,9H2,1H3,(H,19,20)/t11-/m1/s1. The first-order valence-corrected chi connectivity index (χ1v) is 6.49. The maximum absolute atomic E-state index is 14.3. The molecule has 0 aliphatic heterocycles. The molecule has 116 valence electrons. The molecule has 21 heavy (non-hydrogen) atoms. The van der Waals surface area contributed by atoms with Gasteiger partial charge in [0, 0.05) is 5.56 Å². The van der Waals surface area contributed by atoms with Crippen molar-refractivity contribution in [2.24, 2.45) is 0 Å². The monoisotopic (exact) mass is 301 g/mol. The van der Waals surface area contributed by atoms with Crippen LogP contribution in [0.1, 0.15) is 25.3 Å². The zero-order valence-electron chi connectivity index (χ0n) is 11.5. The molecule has 0 aromatic heterocycles. The number of carboxylic acid groups (broad SMARTS) is 1. The van der Waals surface area contributed by atoms with Crippen molar-refractivity contribution in [1.29, 1.82) is 0 Å². The third kappa shape index (κ3) is 4.70. The average Bonchev–Trinajstić information content (AvgIpc) is 2.45. The lowest BCUT2D eigenvalue weighted by atomic mass is 10.0. The largest absolute Gasteiger partial charge is 0.465 e. The van der Waals surface area contributed by atoms with E-state index >= 15 is 0 Å². The Balaban J connectivity index is 2.95. The summed E-state index contributed by atoms with van der Waals surface area (Å²) in [7, 11) is 0. The van der Waals surface area contributed by atoms with Crippen LogP contribution in [0, 0.1) is 0 Å². The SMILES string of the molecule is CCCCOC(=O)[C@@H](NC(=O)O)C(F)(F)c1ccccc1. The first-order chi connectivity index (χ1) is 9.89. The van der Waals surface area contributed by atoms with E-state index in [1.807, 2.05) is 6.92 Å². The Morgan fingerprint density at radius 1 is 1.33 bits per heavy atom. The van der Waals surface area contributed by atoms with Crippen molar-refractivity contribution >= 4 is 12.1 Å². The highest BCUT2D eigenvalue weighted by Crippen LogP contribution is 2.32. The average molecular weight is 301 g/mol. The number of halogens is 2. The van der Waals surface area contributed by atoms with E-state index in [-0.39, 0.29) is 6.61 Å². The molecule has 5 nitrogen and oxygen atoms in total. The number of amides is 1. The number of rotatable bonds is 7. The molecule has 0 bridgehead atoms. The molecule has 0 heterocycles. The van der Waals surface area contributed by atoms with E-state index in [0.717, 1.165) is 18.6 Å². The lowest BCUT2D eigenvalue weighted by Crippen LogP contribution is -2.51. The van der Waals surface area contributed by atoms with Gasteiger partial charge in [0.2, 0.25) is 0 Å². The number of nitrogens with one attached hydrogen (secondary N) is 1. The molecule has 0 aliphatic rings. The summed E-state index contributed by atoms with van der Waals surface area (Å²) < 4.78 is 33.3. The highest BCUT2D eigenvalue weighted by Gasteiger charge is 2.48. The fraction of sp³-hybridized carbons (Fsp3) is 0.429. The number of hydrogen-bond acceptors (Lipinski definition) is 3. The fourth-order valence-corrected chi connectivity index (χ4v) is 1.65. The molecule has 0 saturated heterocycles. The van der Waals surface area contributed by atoms with Crippen molar-refractivity contribution < 1.29 is 28.2 Å². The van der Waals surface area contributed by atoms with E-state index in [1.165, 1.54) is 17.4 Å². The van der Waals surface area contributed by atoms with Gasteiger partial charge in [-0.2, -0.15) is 8.78 Å². The minimum absolute atomic E-state index is 0.0298. The van der Waals surface area contributed by atoms with Gasteiger partial charge in [-0.1, -0.05) is 43.7 Å². The fourth-order valence-electron chi connectivity index (χ4n) is 1.65.